The zero-order valence-corrected chi connectivity index (χ0v) is 17.9. The largest absolute Gasteiger partial charge is 0.494 e. The zero-order valence-electron chi connectivity index (χ0n) is 17.9. The predicted octanol–water partition coefficient (Wildman–Crippen LogP) is 7.39. The van der Waals surface area contributed by atoms with Gasteiger partial charge in [0.25, 0.3) is 0 Å². The molecule has 0 saturated heterocycles. The summed E-state index contributed by atoms with van der Waals surface area (Å²) in [5, 5.41) is 0. The zero-order chi connectivity index (χ0) is 19.6. The minimum atomic E-state index is 0.809. The number of ether oxygens (including phenoxy) is 1. The van der Waals surface area contributed by atoms with Gasteiger partial charge in [-0.2, -0.15) is 0 Å². The van der Waals surface area contributed by atoms with E-state index in [1.54, 1.807) is 0 Å². The molecule has 1 unspecified atom stereocenters. The van der Waals surface area contributed by atoms with Crippen LogP contribution in [0.25, 0.3) is 11.3 Å². The fraction of sp³-hybridized carbons (Fsp3) is 0.577. The summed E-state index contributed by atoms with van der Waals surface area (Å²) in [4.78, 5) is 5.00. The van der Waals surface area contributed by atoms with Gasteiger partial charge in [-0.25, -0.2) is 0 Å². The Kier molecular flexibility index (Phi) is 8.39. The van der Waals surface area contributed by atoms with Crippen LogP contribution in [0.5, 0.6) is 5.75 Å². The summed E-state index contributed by atoms with van der Waals surface area (Å²) >= 11 is 0. The van der Waals surface area contributed by atoms with Crippen LogP contribution >= 0.6 is 0 Å². The summed E-state index contributed by atoms with van der Waals surface area (Å²) in [6.45, 7) is 5.31. The van der Waals surface area contributed by atoms with Crippen molar-refractivity contribution in [3.05, 3.63) is 47.7 Å². The van der Waals surface area contributed by atoms with Crippen molar-refractivity contribution in [3.8, 4) is 17.0 Å². The number of hydrogen-bond acceptors (Lipinski definition) is 2. The third kappa shape index (κ3) is 6.09. The lowest BCUT2D eigenvalue weighted by Gasteiger charge is -2.24. The van der Waals surface area contributed by atoms with Crippen LogP contribution < -0.4 is 4.74 Å². The standard InChI is InChI=1S/C26H37NO/c1-3-5-7-8-10-21-11-17-26-23(20-21)14-18-25(27-26)22-12-15-24(16-13-22)28-19-9-6-4-2/h12-16,18,21H,3-11,17,19-20H2,1-2H3. The summed E-state index contributed by atoms with van der Waals surface area (Å²) < 4.78 is 5.83. The van der Waals surface area contributed by atoms with E-state index in [1.807, 2.05) is 0 Å². The molecule has 2 nitrogen and oxygen atoms in total. The van der Waals surface area contributed by atoms with Gasteiger partial charge in [0.2, 0.25) is 0 Å². The molecule has 0 fully saturated rings. The second-order valence-corrected chi connectivity index (χ2v) is 8.34. The maximum atomic E-state index is 5.83. The Morgan fingerprint density at radius 2 is 1.68 bits per heavy atom. The second kappa shape index (κ2) is 11.2. The molecule has 2 aromatic rings. The monoisotopic (exact) mass is 379 g/mol. The molecule has 1 aromatic heterocycles. The van der Waals surface area contributed by atoms with Crippen molar-refractivity contribution in [3.63, 3.8) is 0 Å². The van der Waals surface area contributed by atoms with Crippen LogP contribution in [0.3, 0.4) is 0 Å². The Labute approximate surface area is 171 Å². The Hall–Kier alpha value is -1.83. The van der Waals surface area contributed by atoms with E-state index >= 15 is 0 Å². The maximum absolute atomic E-state index is 5.83. The van der Waals surface area contributed by atoms with Crippen LogP contribution in [0.15, 0.2) is 36.4 Å². The number of aromatic nitrogens is 1. The number of nitrogens with zero attached hydrogens (tertiary/aromatic N) is 1. The lowest BCUT2D eigenvalue weighted by atomic mass is 9.83. The van der Waals surface area contributed by atoms with Gasteiger partial charge in [0.15, 0.2) is 0 Å². The number of pyridine rings is 1. The first-order valence-corrected chi connectivity index (χ1v) is 11.5. The second-order valence-electron chi connectivity index (χ2n) is 8.34. The smallest absolute Gasteiger partial charge is 0.119 e. The van der Waals surface area contributed by atoms with Gasteiger partial charge >= 0.3 is 0 Å². The molecule has 0 spiro atoms. The molecule has 1 aliphatic rings. The normalized spacial score (nSPS) is 16.0. The minimum Gasteiger partial charge on any atom is -0.494 e. The van der Waals surface area contributed by atoms with Crippen molar-refractivity contribution in [1.82, 2.24) is 4.98 Å². The van der Waals surface area contributed by atoms with E-state index in [0.717, 1.165) is 36.8 Å². The average molecular weight is 380 g/mol. The molecule has 152 valence electrons. The first-order chi connectivity index (χ1) is 13.8. The summed E-state index contributed by atoms with van der Waals surface area (Å²) in [6, 6.07) is 13.0. The van der Waals surface area contributed by atoms with Crippen LogP contribution in [0.1, 0.15) is 82.9 Å². The summed E-state index contributed by atoms with van der Waals surface area (Å²) in [5.74, 6) is 1.82. The molecule has 28 heavy (non-hydrogen) atoms. The first kappa shape index (κ1) is 20.9. The quantitative estimate of drug-likeness (QED) is 0.380. The Bertz CT molecular complexity index is 707. The fourth-order valence-electron chi connectivity index (χ4n) is 4.22. The summed E-state index contributed by atoms with van der Waals surface area (Å²) in [7, 11) is 0. The Morgan fingerprint density at radius 3 is 2.46 bits per heavy atom. The van der Waals surface area contributed by atoms with Crippen molar-refractivity contribution in [2.75, 3.05) is 6.61 Å². The number of aryl methyl sites for hydroxylation is 1. The van der Waals surface area contributed by atoms with Gasteiger partial charge in [-0.05, 0) is 67.5 Å². The third-order valence-electron chi connectivity index (χ3n) is 6.00. The number of fused-ring (bicyclic) bond motifs is 1. The van der Waals surface area contributed by atoms with Gasteiger partial charge in [-0.15, -0.1) is 0 Å². The minimum absolute atomic E-state index is 0.809. The third-order valence-corrected chi connectivity index (χ3v) is 6.00. The van der Waals surface area contributed by atoms with Gasteiger partial charge in [-0.3, -0.25) is 4.98 Å². The molecule has 0 saturated carbocycles. The van der Waals surface area contributed by atoms with Crippen LogP contribution in [-0.4, -0.2) is 11.6 Å². The maximum Gasteiger partial charge on any atom is 0.119 e. The predicted molar refractivity (Wildman–Crippen MR) is 119 cm³/mol. The fourth-order valence-corrected chi connectivity index (χ4v) is 4.22. The number of hydrogen-bond donors (Lipinski definition) is 0. The van der Waals surface area contributed by atoms with Crippen molar-refractivity contribution in [2.45, 2.75) is 84.5 Å². The lowest BCUT2D eigenvalue weighted by molar-refractivity contribution is 0.306. The van der Waals surface area contributed by atoms with E-state index in [2.05, 4.69) is 50.2 Å². The first-order valence-electron chi connectivity index (χ1n) is 11.5. The van der Waals surface area contributed by atoms with E-state index in [0.29, 0.717) is 0 Å². The van der Waals surface area contributed by atoms with Gasteiger partial charge < -0.3 is 4.74 Å². The molecule has 1 heterocycles. The van der Waals surface area contributed by atoms with Crippen LogP contribution in [0.2, 0.25) is 0 Å². The van der Waals surface area contributed by atoms with E-state index < -0.39 is 0 Å². The van der Waals surface area contributed by atoms with Crippen LogP contribution in [0.4, 0.5) is 0 Å². The van der Waals surface area contributed by atoms with Crippen molar-refractivity contribution in [1.29, 1.82) is 0 Å². The average Bonchev–Trinajstić information content (AvgIpc) is 2.74. The molecule has 1 atom stereocenters. The van der Waals surface area contributed by atoms with Gasteiger partial charge in [0.1, 0.15) is 5.75 Å². The molecule has 0 amide bonds. The molecule has 1 aromatic carbocycles. The molecular weight excluding hydrogens is 342 g/mol. The van der Waals surface area contributed by atoms with Gasteiger partial charge in [0.05, 0.1) is 12.3 Å². The molecule has 0 radical (unpaired) electrons. The van der Waals surface area contributed by atoms with E-state index in [1.165, 1.54) is 74.6 Å². The molecule has 0 bridgehead atoms. The number of unbranched alkanes of at least 4 members (excludes halogenated alkanes) is 5. The Morgan fingerprint density at radius 1 is 0.893 bits per heavy atom. The Balaban J connectivity index is 1.55. The summed E-state index contributed by atoms with van der Waals surface area (Å²) in [5.41, 5.74) is 5.08. The van der Waals surface area contributed by atoms with Gasteiger partial charge in [-0.1, -0.05) is 64.9 Å². The molecule has 3 rings (SSSR count). The lowest BCUT2D eigenvalue weighted by Crippen LogP contribution is -2.15. The highest BCUT2D eigenvalue weighted by molar-refractivity contribution is 5.60. The molecule has 0 N–H and O–H groups in total. The van der Waals surface area contributed by atoms with Crippen LogP contribution in [0, 0.1) is 5.92 Å². The highest BCUT2D eigenvalue weighted by Crippen LogP contribution is 2.30. The van der Waals surface area contributed by atoms with Crippen molar-refractivity contribution in [2.24, 2.45) is 5.92 Å². The van der Waals surface area contributed by atoms with Crippen LogP contribution in [-0.2, 0) is 12.8 Å². The van der Waals surface area contributed by atoms with E-state index in [9.17, 15) is 0 Å². The number of benzene rings is 1. The molecular formula is C26H37NO. The summed E-state index contributed by atoms with van der Waals surface area (Å²) in [6.07, 6.45) is 14.2. The topological polar surface area (TPSA) is 22.1 Å². The van der Waals surface area contributed by atoms with Gasteiger partial charge in [0, 0.05) is 11.3 Å². The van der Waals surface area contributed by atoms with E-state index in [4.69, 9.17) is 9.72 Å². The molecule has 2 heteroatoms. The highest BCUT2D eigenvalue weighted by Gasteiger charge is 2.19. The molecule has 1 aliphatic carbocycles. The highest BCUT2D eigenvalue weighted by atomic mass is 16.5. The van der Waals surface area contributed by atoms with Crippen molar-refractivity contribution >= 4 is 0 Å². The molecule has 0 aliphatic heterocycles. The SMILES string of the molecule is CCCCCCC1CCc2nc(-c3ccc(OCCCCC)cc3)ccc2C1. The number of rotatable bonds is 11. The van der Waals surface area contributed by atoms with Crippen molar-refractivity contribution < 1.29 is 4.74 Å². The van der Waals surface area contributed by atoms with E-state index in [-0.39, 0.29) is 0 Å².